The molecule has 0 spiro atoms. The summed E-state index contributed by atoms with van der Waals surface area (Å²) in [5.74, 6) is 1.37. The zero-order valence-corrected chi connectivity index (χ0v) is 63.1. The van der Waals surface area contributed by atoms with Crippen LogP contribution >= 0.6 is 0 Å². The predicted octanol–water partition coefficient (Wildman–Crippen LogP) is 27.1. The van der Waals surface area contributed by atoms with E-state index in [0.717, 1.165) is 60.9 Å². The van der Waals surface area contributed by atoms with Crippen molar-refractivity contribution in [3.8, 4) is 68.0 Å². The third-order valence-electron chi connectivity index (χ3n) is 25.2. The van der Waals surface area contributed by atoms with Crippen molar-refractivity contribution in [2.24, 2.45) is 0 Å². The molecule has 0 bridgehead atoms. The van der Waals surface area contributed by atoms with Crippen molar-refractivity contribution in [1.82, 2.24) is 38.2 Å². The third-order valence-corrected chi connectivity index (χ3v) is 25.2. The number of nitrogens with zero attached hydrogens (tertiary/aromatic N) is 8. The van der Waals surface area contributed by atoms with Crippen LogP contribution in [0.5, 0.6) is 0 Å². The summed E-state index contributed by atoms with van der Waals surface area (Å²) >= 11 is 0. The van der Waals surface area contributed by atoms with Crippen LogP contribution in [-0.2, 0) is 10.8 Å². The van der Waals surface area contributed by atoms with Crippen molar-refractivity contribution in [1.29, 1.82) is 0 Å². The first-order valence-electron chi connectivity index (χ1n) is 39.4. The summed E-state index contributed by atoms with van der Waals surface area (Å²) < 4.78 is 9.29. The zero-order valence-electron chi connectivity index (χ0n) is 63.1. The lowest BCUT2D eigenvalue weighted by Gasteiger charge is -2.35. The van der Waals surface area contributed by atoms with E-state index < -0.39 is 0 Å². The van der Waals surface area contributed by atoms with Gasteiger partial charge in [0.15, 0.2) is 0 Å². The molecule has 2 aliphatic carbocycles. The van der Waals surface area contributed by atoms with Gasteiger partial charge in [0, 0.05) is 87.2 Å². The smallest absolute Gasteiger partial charge is 0.235 e. The molecule has 6 heterocycles. The summed E-state index contributed by atoms with van der Waals surface area (Å²) in [6, 6.07) is 128. The highest BCUT2D eigenvalue weighted by Crippen LogP contribution is 2.53. The number of fused-ring (bicyclic) bond motifs is 21. The van der Waals surface area contributed by atoms with Crippen LogP contribution < -0.4 is 0 Å². The van der Waals surface area contributed by atoms with Crippen molar-refractivity contribution in [3.63, 3.8) is 0 Å². The lowest BCUT2D eigenvalue weighted by Crippen LogP contribution is -2.25. The molecule has 0 saturated heterocycles. The Kier molecular flexibility index (Phi) is 13.5. The fourth-order valence-corrected chi connectivity index (χ4v) is 20.0. The van der Waals surface area contributed by atoms with Gasteiger partial charge in [0.1, 0.15) is 0 Å². The van der Waals surface area contributed by atoms with Gasteiger partial charge in [-0.05, 0) is 186 Å². The molecule has 0 fully saturated rings. The standard InChI is InChI=1S/C55H36N4.C51H34N4/c1-55(2)45-18-11-19-46-51(45)53(42-27-23-34-13-5-6-15-39(34)52(42)55)57-54(56-46)59-48-21-10-8-17-41(48)44-32-37(25-29-50(44)59)36-24-28-49-43(31-36)40-16-7-9-20-47(40)58(49)38-26-22-33-12-3-4-14-35(33)30-38;1-51(2)41-19-12-20-42-47(41)49(38-26-23-31-13-6-7-16-35(31)48(38)51)53-50(52-42)55-44-22-11-9-18-37(44)40-30-33(25-28-46(40)55)32-24-27-45-39(29-32)36-17-8-10-21-43(36)54(45)34-14-4-3-5-15-34/h3-32H,1-2H3;3-30H,1-2H3. The number of hydrogen-bond acceptors (Lipinski definition) is 4. The van der Waals surface area contributed by atoms with E-state index >= 15 is 0 Å². The van der Waals surface area contributed by atoms with Gasteiger partial charge >= 0.3 is 0 Å². The molecule has 0 radical (unpaired) electrons. The molecule has 23 aromatic rings. The molecule has 6 aromatic heterocycles. The van der Waals surface area contributed by atoms with Gasteiger partial charge in [0.25, 0.3) is 0 Å². The second kappa shape index (κ2) is 24.0. The fraction of sp³-hybridized carbons (Fsp3) is 0.0566. The Bertz CT molecular complexity index is 8120. The normalized spacial score (nSPS) is 13.4. The quantitative estimate of drug-likeness (QED) is 0.166. The minimum absolute atomic E-state index is 0.212. The van der Waals surface area contributed by atoms with Crippen LogP contribution in [0.25, 0.3) is 209 Å². The van der Waals surface area contributed by atoms with Crippen LogP contribution in [0.15, 0.2) is 352 Å². The van der Waals surface area contributed by atoms with E-state index in [0.29, 0.717) is 11.9 Å². The summed E-state index contributed by atoms with van der Waals surface area (Å²) in [4.78, 5) is 21.7. The van der Waals surface area contributed by atoms with Crippen LogP contribution in [0.1, 0.15) is 49.9 Å². The van der Waals surface area contributed by atoms with Gasteiger partial charge in [0.2, 0.25) is 11.9 Å². The molecular formula is C106H70N8. The highest BCUT2D eigenvalue weighted by Gasteiger charge is 2.39. The summed E-state index contributed by atoms with van der Waals surface area (Å²) in [5, 5.41) is 19.5. The maximum absolute atomic E-state index is 5.53. The summed E-state index contributed by atoms with van der Waals surface area (Å²) in [5.41, 5.74) is 27.3. The van der Waals surface area contributed by atoms with Gasteiger partial charge in [-0.2, -0.15) is 0 Å². The number of rotatable bonds is 6. The van der Waals surface area contributed by atoms with E-state index in [1.165, 1.54) is 159 Å². The van der Waals surface area contributed by atoms with E-state index in [4.69, 9.17) is 19.9 Å². The van der Waals surface area contributed by atoms with Gasteiger partial charge < -0.3 is 9.13 Å². The molecule has 0 saturated carbocycles. The van der Waals surface area contributed by atoms with Crippen LogP contribution in [0, 0.1) is 0 Å². The van der Waals surface area contributed by atoms with Gasteiger partial charge in [0.05, 0.1) is 66.6 Å². The summed E-state index contributed by atoms with van der Waals surface area (Å²) in [7, 11) is 0. The molecule has 0 amide bonds. The Morgan fingerprint density at radius 2 is 0.553 bits per heavy atom. The average Bonchev–Trinajstić information content (AvgIpc) is 0.969. The van der Waals surface area contributed by atoms with E-state index in [-0.39, 0.29) is 10.8 Å². The predicted molar refractivity (Wildman–Crippen MR) is 475 cm³/mol. The van der Waals surface area contributed by atoms with E-state index in [1.54, 1.807) is 0 Å². The van der Waals surface area contributed by atoms with E-state index in [1.807, 2.05) is 0 Å². The first-order chi connectivity index (χ1) is 56.1. The SMILES string of the molecule is CC1(C)c2c(ccc3ccccc23)-c2nc(-n3c4ccccc4c4cc(-c5ccc6c(c5)c5ccccc5n6-c5ccc6ccccc6c5)ccc43)nc3cccc1c23.CC1(C)c2c(ccc3ccccc23)-c2nc(-n3c4ccccc4c4cc(-c5ccc6c(c5)c5ccccc5n6-c5ccccc5)ccc43)nc3cccc1c23. The van der Waals surface area contributed by atoms with Crippen LogP contribution in [-0.4, -0.2) is 38.2 Å². The van der Waals surface area contributed by atoms with Gasteiger partial charge in [-0.25, -0.2) is 19.9 Å². The molecule has 0 unspecified atom stereocenters. The van der Waals surface area contributed by atoms with Crippen molar-refractivity contribution >= 4 is 141 Å². The number of hydrogen-bond donors (Lipinski definition) is 0. The van der Waals surface area contributed by atoms with Crippen molar-refractivity contribution < 1.29 is 0 Å². The first kappa shape index (κ1) is 64.2. The lowest BCUT2D eigenvalue weighted by atomic mass is 9.68. The molecule has 8 nitrogen and oxygen atoms in total. The van der Waals surface area contributed by atoms with Crippen molar-refractivity contribution in [2.45, 2.75) is 38.5 Å². The maximum atomic E-state index is 5.53. The topological polar surface area (TPSA) is 71.3 Å². The van der Waals surface area contributed by atoms with Crippen molar-refractivity contribution in [2.75, 3.05) is 0 Å². The average molecular weight is 1460 g/mol. The molecule has 17 aromatic carbocycles. The number of aromatic nitrogens is 8. The Hall–Kier alpha value is -14.6. The number of para-hydroxylation sites is 5. The largest absolute Gasteiger partial charge is 0.309 e. The molecule has 2 aliphatic rings. The minimum atomic E-state index is -0.217. The summed E-state index contributed by atoms with van der Waals surface area (Å²) in [6.45, 7) is 9.37. The molecule has 0 N–H and O–H groups in total. The fourth-order valence-electron chi connectivity index (χ4n) is 20.0. The van der Waals surface area contributed by atoms with E-state index in [9.17, 15) is 0 Å². The molecule has 0 aliphatic heterocycles. The molecule has 8 heteroatoms. The van der Waals surface area contributed by atoms with Crippen LogP contribution in [0.2, 0.25) is 0 Å². The first-order valence-corrected chi connectivity index (χ1v) is 39.4. The molecule has 114 heavy (non-hydrogen) atoms. The molecule has 25 rings (SSSR count). The van der Waals surface area contributed by atoms with E-state index in [2.05, 4.69) is 398 Å². The Morgan fingerprint density at radius 1 is 0.219 bits per heavy atom. The van der Waals surface area contributed by atoms with Crippen LogP contribution in [0.4, 0.5) is 0 Å². The number of benzene rings is 17. The zero-order chi connectivity index (χ0) is 75.4. The minimum Gasteiger partial charge on any atom is -0.309 e. The second-order valence-electron chi connectivity index (χ2n) is 32.0. The Morgan fingerprint density at radius 3 is 0.982 bits per heavy atom. The van der Waals surface area contributed by atoms with Crippen LogP contribution in [0.3, 0.4) is 0 Å². The monoisotopic (exact) mass is 1450 g/mol. The summed E-state index contributed by atoms with van der Waals surface area (Å²) in [6.07, 6.45) is 0. The molecular weight excluding hydrogens is 1390 g/mol. The van der Waals surface area contributed by atoms with Gasteiger partial charge in [-0.15, -0.1) is 0 Å². The Labute approximate surface area is 656 Å². The molecule has 534 valence electrons. The lowest BCUT2D eigenvalue weighted by molar-refractivity contribution is 0.650. The third kappa shape index (κ3) is 9.22. The van der Waals surface area contributed by atoms with Gasteiger partial charge in [-0.3, -0.25) is 9.13 Å². The highest BCUT2D eigenvalue weighted by atomic mass is 15.2. The second-order valence-corrected chi connectivity index (χ2v) is 32.0. The maximum Gasteiger partial charge on any atom is 0.235 e. The Balaban J connectivity index is 0.000000132. The van der Waals surface area contributed by atoms with Crippen molar-refractivity contribution in [3.05, 3.63) is 374 Å². The highest BCUT2D eigenvalue weighted by molar-refractivity contribution is 6.16. The molecule has 0 atom stereocenters. The van der Waals surface area contributed by atoms with Gasteiger partial charge in [-0.1, -0.05) is 270 Å².